The van der Waals surface area contributed by atoms with E-state index in [4.69, 9.17) is 4.74 Å². The third-order valence-corrected chi connectivity index (χ3v) is 4.82. The zero-order valence-electron chi connectivity index (χ0n) is 10.5. The molecule has 1 saturated heterocycles. The summed E-state index contributed by atoms with van der Waals surface area (Å²) in [4.78, 5) is 0. The highest BCUT2D eigenvalue weighted by Gasteiger charge is 2.34. The van der Waals surface area contributed by atoms with Crippen LogP contribution in [0.2, 0.25) is 0 Å². The van der Waals surface area contributed by atoms with E-state index in [0.29, 0.717) is 32.6 Å². The van der Waals surface area contributed by atoms with Crippen LogP contribution < -0.4 is 5.32 Å². The van der Waals surface area contributed by atoms with Crippen molar-refractivity contribution in [2.45, 2.75) is 18.4 Å². The van der Waals surface area contributed by atoms with Gasteiger partial charge in [0.25, 0.3) is 0 Å². The van der Waals surface area contributed by atoms with Crippen LogP contribution in [0.25, 0.3) is 0 Å². The van der Waals surface area contributed by atoms with E-state index in [2.05, 4.69) is 5.32 Å². The van der Waals surface area contributed by atoms with E-state index in [0.717, 1.165) is 0 Å². The summed E-state index contributed by atoms with van der Waals surface area (Å²) >= 11 is 0. The van der Waals surface area contributed by atoms with Gasteiger partial charge in [-0.25, -0.2) is 12.7 Å². The molecule has 0 bridgehead atoms. The van der Waals surface area contributed by atoms with Gasteiger partial charge in [0.2, 0.25) is 10.0 Å². The van der Waals surface area contributed by atoms with Gasteiger partial charge in [0.15, 0.2) is 0 Å². The molecule has 0 radical (unpaired) electrons. The van der Waals surface area contributed by atoms with Crippen LogP contribution in [0.4, 0.5) is 0 Å². The second kappa shape index (κ2) is 6.10. The molecule has 1 heterocycles. The maximum Gasteiger partial charge on any atom is 0.215 e. The molecule has 0 atom stereocenters. The first kappa shape index (κ1) is 14.8. The van der Waals surface area contributed by atoms with Crippen molar-refractivity contribution >= 4 is 10.0 Å². The Bertz CT molecular complexity index is 325. The number of rotatable bonds is 6. The van der Waals surface area contributed by atoms with Crippen molar-refractivity contribution in [1.82, 2.24) is 9.62 Å². The fraction of sp³-hybridized carbons (Fsp3) is 1.00. The van der Waals surface area contributed by atoms with Gasteiger partial charge in [-0.05, 0) is 7.05 Å². The lowest BCUT2D eigenvalue weighted by Crippen LogP contribution is -2.48. The molecule has 1 rings (SSSR count). The van der Waals surface area contributed by atoms with Gasteiger partial charge in [-0.15, -0.1) is 0 Å². The van der Waals surface area contributed by atoms with Gasteiger partial charge in [0.05, 0.1) is 11.4 Å². The van der Waals surface area contributed by atoms with Crippen molar-refractivity contribution < 1.29 is 18.3 Å². The number of likely N-dealkylation sites (N-methyl/N-ethyl adjacent to an activating group) is 1. The minimum Gasteiger partial charge on any atom is -0.388 e. The van der Waals surface area contributed by atoms with E-state index >= 15 is 0 Å². The first-order chi connectivity index (χ1) is 7.90. The molecule has 0 spiro atoms. The second-order valence-electron chi connectivity index (χ2n) is 4.51. The van der Waals surface area contributed by atoms with Gasteiger partial charge in [-0.1, -0.05) is 0 Å². The summed E-state index contributed by atoms with van der Waals surface area (Å²) in [5.74, 6) is 0.0482. The molecule has 6 nitrogen and oxygen atoms in total. The van der Waals surface area contributed by atoms with Gasteiger partial charge in [-0.2, -0.15) is 0 Å². The molecule has 0 unspecified atom stereocenters. The van der Waals surface area contributed by atoms with Crippen LogP contribution in [0, 0.1) is 0 Å². The Balaban J connectivity index is 2.55. The average molecular weight is 266 g/mol. The SMILES string of the molecule is CNCCS(=O)(=O)N(C)CC1(O)CCOCC1. The number of hydrogen-bond donors (Lipinski definition) is 2. The van der Waals surface area contributed by atoms with Crippen LogP contribution in [0.15, 0.2) is 0 Å². The Morgan fingerprint density at radius 3 is 2.53 bits per heavy atom. The molecule has 1 aliphatic rings. The third kappa shape index (κ3) is 4.51. The molecule has 0 saturated carbocycles. The molecule has 0 aliphatic carbocycles. The number of nitrogens with zero attached hydrogens (tertiary/aromatic N) is 1. The van der Waals surface area contributed by atoms with Crippen LogP contribution in [0.3, 0.4) is 0 Å². The van der Waals surface area contributed by atoms with Crippen LogP contribution in [0.5, 0.6) is 0 Å². The number of hydrogen-bond acceptors (Lipinski definition) is 5. The largest absolute Gasteiger partial charge is 0.388 e. The van der Waals surface area contributed by atoms with Gasteiger partial charge < -0.3 is 15.2 Å². The molecule has 1 fully saturated rings. The summed E-state index contributed by atoms with van der Waals surface area (Å²) in [6.07, 6.45) is 0.970. The molecule has 2 N–H and O–H groups in total. The summed E-state index contributed by atoms with van der Waals surface area (Å²) in [6.45, 7) is 1.53. The van der Waals surface area contributed by atoms with Crippen LogP contribution in [-0.2, 0) is 14.8 Å². The molecular formula is C10H22N2O4S. The van der Waals surface area contributed by atoms with E-state index in [1.54, 1.807) is 7.05 Å². The molecule has 1 aliphatic heterocycles. The Morgan fingerprint density at radius 1 is 1.41 bits per heavy atom. The smallest absolute Gasteiger partial charge is 0.215 e. The Labute approximate surface area is 103 Å². The minimum absolute atomic E-state index is 0.0482. The van der Waals surface area contributed by atoms with Crippen molar-refractivity contribution in [1.29, 1.82) is 0 Å². The molecular weight excluding hydrogens is 244 g/mol. The maximum atomic E-state index is 11.8. The Kier molecular flexibility index (Phi) is 5.33. The van der Waals surface area contributed by atoms with Crippen LogP contribution in [0.1, 0.15) is 12.8 Å². The van der Waals surface area contributed by atoms with Crippen molar-refractivity contribution in [2.75, 3.05) is 46.2 Å². The number of ether oxygens (including phenoxy) is 1. The summed E-state index contributed by atoms with van der Waals surface area (Å²) in [6, 6.07) is 0. The maximum absolute atomic E-state index is 11.8. The number of sulfonamides is 1. The fourth-order valence-corrected chi connectivity index (χ4v) is 3.02. The molecule has 7 heteroatoms. The minimum atomic E-state index is -3.29. The summed E-state index contributed by atoms with van der Waals surface area (Å²) in [5.41, 5.74) is -0.945. The van der Waals surface area contributed by atoms with E-state index in [1.807, 2.05) is 0 Å². The van der Waals surface area contributed by atoms with E-state index < -0.39 is 15.6 Å². The fourth-order valence-electron chi connectivity index (χ4n) is 1.81. The predicted molar refractivity (Wildman–Crippen MR) is 65.3 cm³/mol. The molecule has 0 aromatic heterocycles. The molecule has 0 amide bonds. The highest BCUT2D eigenvalue weighted by Crippen LogP contribution is 2.22. The average Bonchev–Trinajstić information content (AvgIpc) is 2.26. The standard InChI is InChI=1S/C10H22N2O4S/c1-11-5-8-17(14,15)12(2)9-10(13)3-6-16-7-4-10/h11,13H,3-9H2,1-2H3. The lowest BCUT2D eigenvalue weighted by Gasteiger charge is -2.35. The van der Waals surface area contributed by atoms with E-state index in [9.17, 15) is 13.5 Å². The van der Waals surface area contributed by atoms with Crippen molar-refractivity contribution in [2.24, 2.45) is 0 Å². The summed E-state index contributed by atoms with van der Waals surface area (Å²) < 4.78 is 30.1. The van der Waals surface area contributed by atoms with Gasteiger partial charge in [-0.3, -0.25) is 0 Å². The van der Waals surface area contributed by atoms with E-state index in [-0.39, 0.29) is 12.3 Å². The highest BCUT2D eigenvalue weighted by molar-refractivity contribution is 7.89. The van der Waals surface area contributed by atoms with E-state index in [1.165, 1.54) is 11.4 Å². The monoisotopic (exact) mass is 266 g/mol. The Morgan fingerprint density at radius 2 is 2.00 bits per heavy atom. The summed E-state index contributed by atoms with van der Waals surface area (Å²) in [5, 5.41) is 13.0. The van der Waals surface area contributed by atoms with Gasteiger partial charge in [0, 0.05) is 46.2 Å². The zero-order chi connectivity index (χ0) is 12.9. The first-order valence-electron chi connectivity index (χ1n) is 5.78. The lowest BCUT2D eigenvalue weighted by molar-refractivity contribution is -0.0689. The molecule has 17 heavy (non-hydrogen) atoms. The van der Waals surface area contributed by atoms with Crippen molar-refractivity contribution in [3.63, 3.8) is 0 Å². The quantitative estimate of drug-likeness (QED) is 0.645. The van der Waals surface area contributed by atoms with Gasteiger partial charge >= 0.3 is 0 Å². The zero-order valence-corrected chi connectivity index (χ0v) is 11.3. The second-order valence-corrected chi connectivity index (χ2v) is 6.71. The molecule has 0 aromatic carbocycles. The van der Waals surface area contributed by atoms with Crippen molar-refractivity contribution in [3.05, 3.63) is 0 Å². The topological polar surface area (TPSA) is 78.9 Å². The van der Waals surface area contributed by atoms with Crippen LogP contribution >= 0.6 is 0 Å². The number of nitrogens with one attached hydrogen (secondary N) is 1. The summed E-state index contributed by atoms with van der Waals surface area (Å²) in [7, 11) is -0.0677. The molecule has 0 aromatic rings. The number of aliphatic hydroxyl groups is 1. The lowest BCUT2D eigenvalue weighted by atomic mass is 9.95. The Hall–Kier alpha value is -0.210. The van der Waals surface area contributed by atoms with Crippen molar-refractivity contribution in [3.8, 4) is 0 Å². The predicted octanol–water partition coefficient (Wildman–Crippen LogP) is -0.991. The third-order valence-electron chi connectivity index (χ3n) is 3.03. The molecule has 102 valence electrons. The highest BCUT2D eigenvalue weighted by atomic mass is 32.2. The first-order valence-corrected chi connectivity index (χ1v) is 7.39. The van der Waals surface area contributed by atoms with Crippen LogP contribution in [-0.4, -0.2) is 69.6 Å². The van der Waals surface area contributed by atoms with Gasteiger partial charge in [0.1, 0.15) is 0 Å². The normalized spacial score (nSPS) is 20.7.